The Morgan fingerprint density at radius 2 is 2.40 bits per heavy atom. The van der Waals surface area contributed by atoms with E-state index in [4.69, 9.17) is 0 Å². The van der Waals surface area contributed by atoms with Crippen LogP contribution in [-0.4, -0.2) is 24.1 Å². The Bertz CT molecular complexity index is 79.3. The second kappa shape index (κ2) is 5.03. The SMILES string of the molecule is CCSCC1CCCCN1. The quantitative estimate of drug-likeness (QED) is 0.675. The van der Waals surface area contributed by atoms with E-state index in [1.165, 1.54) is 37.3 Å². The molecule has 1 fully saturated rings. The topological polar surface area (TPSA) is 12.0 Å². The van der Waals surface area contributed by atoms with E-state index in [1.54, 1.807) is 0 Å². The van der Waals surface area contributed by atoms with Crippen LogP contribution in [0.25, 0.3) is 0 Å². The zero-order valence-corrected chi connectivity index (χ0v) is 7.54. The first-order chi connectivity index (χ1) is 4.93. The summed E-state index contributed by atoms with van der Waals surface area (Å²) in [5, 5.41) is 3.53. The van der Waals surface area contributed by atoms with Crippen LogP contribution < -0.4 is 5.32 Å². The third-order valence-electron chi connectivity index (χ3n) is 1.94. The molecule has 0 aliphatic carbocycles. The summed E-state index contributed by atoms with van der Waals surface area (Å²) in [6, 6.07) is 0.818. The van der Waals surface area contributed by atoms with Gasteiger partial charge in [0.25, 0.3) is 0 Å². The molecule has 1 aliphatic heterocycles. The predicted octanol–water partition coefficient (Wildman–Crippen LogP) is 1.88. The van der Waals surface area contributed by atoms with Crippen LogP contribution in [0.15, 0.2) is 0 Å². The number of hydrogen-bond acceptors (Lipinski definition) is 2. The van der Waals surface area contributed by atoms with Gasteiger partial charge in [0.15, 0.2) is 0 Å². The first-order valence-corrected chi connectivity index (χ1v) is 5.40. The summed E-state index contributed by atoms with van der Waals surface area (Å²) in [6.45, 7) is 3.47. The third-order valence-corrected chi connectivity index (χ3v) is 2.98. The van der Waals surface area contributed by atoms with Crippen LogP contribution in [0.3, 0.4) is 0 Å². The molecule has 1 atom stereocenters. The normalized spacial score (nSPS) is 26.7. The minimum atomic E-state index is 0.818. The van der Waals surface area contributed by atoms with E-state index in [0.29, 0.717) is 0 Å². The van der Waals surface area contributed by atoms with Gasteiger partial charge in [-0.25, -0.2) is 0 Å². The molecular weight excluding hydrogens is 142 g/mol. The fourth-order valence-electron chi connectivity index (χ4n) is 1.33. The number of hydrogen-bond donors (Lipinski definition) is 1. The van der Waals surface area contributed by atoms with E-state index >= 15 is 0 Å². The van der Waals surface area contributed by atoms with Gasteiger partial charge in [0.2, 0.25) is 0 Å². The maximum Gasteiger partial charge on any atom is 0.0158 e. The molecule has 0 radical (unpaired) electrons. The number of thioether (sulfide) groups is 1. The maximum atomic E-state index is 3.53. The van der Waals surface area contributed by atoms with Crippen molar-refractivity contribution in [2.45, 2.75) is 32.2 Å². The van der Waals surface area contributed by atoms with Crippen molar-refractivity contribution in [2.75, 3.05) is 18.1 Å². The van der Waals surface area contributed by atoms with E-state index in [9.17, 15) is 0 Å². The van der Waals surface area contributed by atoms with Crippen molar-refractivity contribution in [1.29, 1.82) is 0 Å². The number of rotatable bonds is 3. The minimum absolute atomic E-state index is 0.818. The van der Waals surface area contributed by atoms with Gasteiger partial charge >= 0.3 is 0 Å². The molecule has 1 aliphatic rings. The van der Waals surface area contributed by atoms with Crippen LogP contribution in [0.5, 0.6) is 0 Å². The molecule has 1 saturated heterocycles. The van der Waals surface area contributed by atoms with Crippen molar-refractivity contribution in [1.82, 2.24) is 5.32 Å². The van der Waals surface area contributed by atoms with Crippen LogP contribution in [0.1, 0.15) is 26.2 Å². The number of nitrogens with one attached hydrogen (secondary N) is 1. The highest BCUT2D eigenvalue weighted by Gasteiger charge is 2.10. The molecule has 1 heterocycles. The van der Waals surface area contributed by atoms with Crippen LogP contribution in [0.4, 0.5) is 0 Å². The maximum absolute atomic E-state index is 3.53. The van der Waals surface area contributed by atoms with Gasteiger partial charge in [-0.1, -0.05) is 13.3 Å². The smallest absolute Gasteiger partial charge is 0.0158 e. The number of piperidine rings is 1. The summed E-state index contributed by atoms with van der Waals surface area (Å²) < 4.78 is 0. The Labute approximate surface area is 68.0 Å². The lowest BCUT2D eigenvalue weighted by atomic mass is 10.1. The van der Waals surface area contributed by atoms with Crippen molar-refractivity contribution in [2.24, 2.45) is 0 Å². The lowest BCUT2D eigenvalue weighted by Crippen LogP contribution is -2.35. The summed E-state index contributed by atoms with van der Waals surface area (Å²) in [4.78, 5) is 0. The lowest BCUT2D eigenvalue weighted by Gasteiger charge is -2.22. The highest BCUT2D eigenvalue weighted by molar-refractivity contribution is 7.99. The monoisotopic (exact) mass is 159 g/mol. The van der Waals surface area contributed by atoms with Gasteiger partial charge in [-0.05, 0) is 25.1 Å². The van der Waals surface area contributed by atoms with E-state index in [-0.39, 0.29) is 0 Å². The molecule has 0 aromatic heterocycles. The van der Waals surface area contributed by atoms with Crippen LogP contribution in [0.2, 0.25) is 0 Å². The summed E-state index contributed by atoms with van der Waals surface area (Å²) in [7, 11) is 0. The standard InChI is InChI=1S/C8H17NS/c1-2-10-7-8-5-3-4-6-9-8/h8-9H,2-7H2,1H3. The summed E-state index contributed by atoms with van der Waals surface area (Å²) in [6.07, 6.45) is 4.21. The Balaban J connectivity index is 2.02. The molecule has 1 rings (SSSR count). The van der Waals surface area contributed by atoms with Gasteiger partial charge in [-0.15, -0.1) is 0 Å². The Morgan fingerprint density at radius 1 is 1.50 bits per heavy atom. The van der Waals surface area contributed by atoms with E-state index in [0.717, 1.165) is 6.04 Å². The Kier molecular flexibility index (Phi) is 4.23. The molecule has 0 amide bonds. The molecule has 1 N–H and O–H groups in total. The third kappa shape index (κ3) is 2.93. The van der Waals surface area contributed by atoms with E-state index in [2.05, 4.69) is 24.0 Å². The van der Waals surface area contributed by atoms with E-state index in [1.807, 2.05) is 0 Å². The van der Waals surface area contributed by atoms with Gasteiger partial charge in [-0.3, -0.25) is 0 Å². The summed E-state index contributed by atoms with van der Waals surface area (Å²) in [5.74, 6) is 2.58. The van der Waals surface area contributed by atoms with Crippen LogP contribution in [-0.2, 0) is 0 Å². The molecule has 2 heteroatoms. The highest BCUT2D eigenvalue weighted by atomic mass is 32.2. The Hall–Kier alpha value is 0.310. The average Bonchev–Trinajstić information content (AvgIpc) is 2.03. The molecular formula is C8H17NS. The molecule has 0 bridgehead atoms. The van der Waals surface area contributed by atoms with Gasteiger partial charge in [-0.2, -0.15) is 11.8 Å². The first kappa shape index (κ1) is 8.41. The van der Waals surface area contributed by atoms with Gasteiger partial charge in [0.05, 0.1) is 0 Å². The second-order valence-corrected chi connectivity index (χ2v) is 4.13. The van der Waals surface area contributed by atoms with Crippen LogP contribution >= 0.6 is 11.8 Å². The van der Waals surface area contributed by atoms with Crippen molar-refractivity contribution < 1.29 is 0 Å². The second-order valence-electron chi connectivity index (χ2n) is 2.81. The molecule has 0 saturated carbocycles. The fraction of sp³-hybridized carbons (Fsp3) is 1.00. The minimum Gasteiger partial charge on any atom is -0.313 e. The molecule has 0 aromatic rings. The van der Waals surface area contributed by atoms with Gasteiger partial charge in [0, 0.05) is 11.8 Å². The molecule has 0 spiro atoms. The molecule has 10 heavy (non-hydrogen) atoms. The average molecular weight is 159 g/mol. The van der Waals surface area contributed by atoms with Crippen molar-refractivity contribution in [3.8, 4) is 0 Å². The fourth-order valence-corrected chi connectivity index (χ4v) is 2.13. The van der Waals surface area contributed by atoms with Crippen molar-refractivity contribution in [3.05, 3.63) is 0 Å². The largest absolute Gasteiger partial charge is 0.313 e. The Morgan fingerprint density at radius 3 is 3.00 bits per heavy atom. The van der Waals surface area contributed by atoms with Crippen molar-refractivity contribution >= 4 is 11.8 Å². The molecule has 0 aromatic carbocycles. The first-order valence-electron chi connectivity index (χ1n) is 4.24. The predicted molar refractivity (Wildman–Crippen MR) is 48.6 cm³/mol. The zero-order chi connectivity index (χ0) is 7.23. The van der Waals surface area contributed by atoms with Gasteiger partial charge < -0.3 is 5.32 Å². The summed E-state index contributed by atoms with van der Waals surface area (Å²) >= 11 is 2.05. The molecule has 1 unspecified atom stereocenters. The lowest BCUT2D eigenvalue weighted by molar-refractivity contribution is 0.430. The highest BCUT2D eigenvalue weighted by Crippen LogP contribution is 2.11. The summed E-state index contributed by atoms with van der Waals surface area (Å²) in [5.41, 5.74) is 0. The van der Waals surface area contributed by atoms with Crippen LogP contribution in [0, 0.1) is 0 Å². The molecule has 60 valence electrons. The van der Waals surface area contributed by atoms with Crippen molar-refractivity contribution in [3.63, 3.8) is 0 Å². The zero-order valence-electron chi connectivity index (χ0n) is 6.73. The molecule has 1 nitrogen and oxygen atoms in total. The van der Waals surface area contributed by atoms with E-state index < -0.39 is 0 Å². The van der Waals surface area contributed by atoms with Gasteiger partial charge in [0.1, 0.15) is 0 Å².